The Balaban J connectivity index is 1.47. The Bertz CT molecular complexity index is 992. The molecule has 2 saturated heterocycles. The minimum Gasteiger partial charge on any atom is -0.351 e. The number of rotatable bonds is 1. The molecule has 7 heteroatoms. The topological polar surface area (TPSA) is 92.7 Å². The highest BCUT2D eigenvalue weighted by Crippen LogP contribution is 2.29. The lowest BCUT2D eigenvalue weighted by Crippen LogP contribution is -2.52. The molecular formula is C20H17N7. The molecule has 2 atom stereocenters. The van der Waals surface area contributed by atoms with Crippen LogP contribution in [0.4, 0.5) is 5.82 Å². The lowest BCUT2D eigenvalue weighted by Gasteiger charge is -2.39. The number of hydrogen-bond acceptors (Lipinski definition) is 7. The van der Waals surface area contributed by atoms with Crippen LogP contribution >= 0.6 is 0 Å². The maximum absolute atomic E-state index is 9.26. The predicted octanol–water partition coefficient (Wildman–Crippen LogP) is 1.32. The largest absolute Gasteiger partial charge is 0.351 e. The molecule has 0 aromatic carbocycles. The Morgan fingerprint density at radius 3 is 2.70 bits per heavy atom. The van der Waals surface area contributed by atoms with Crippen molar-refractivity contribution in [2.45, 2.75) is 24.9 Å². The van der Waals surface area contributed by atoms with Crippen molar-refractivity contribution in [2.24, 2.45) is 0 Å². The van der Waals surface area contributed by atoms with E-state index in [0.29, 0.717) is 23.1 Å². The standard InChI is InChI=1S/C20H17N7/c21-10-16-9-15(12-23-13-16)1-2-17-3-4-18-14-26(7-8-27(17)18)20-19(11-22)24-5-6-25-20/h5-6,9,12-13,17-18H,3-4,7-8,14H2/t17-,18-/m0/s1. The first-order valence-electron chi connectivity index (χ1n) is 8.87. The molecule has 0 amide bonds. The highest BCUT2D eigenvalue weighted by Gasteiger charge is 2.37. The number of hydrogen-bond donors (Lipinski definition) is 0. The van der Waals surface area contributed by atoms with Crippen molar-refractivity contribution in [3.63, 3.8) is 0 Å². The first kappa shape index (κ1) is 17.0. The zero-order valence-electron chi connectivity index (χ0n) is 14.7. The van der Waals surface area contributed by atoms with E-state index in [-0.39, 0.29) is 6.04 Å². The van der Waals surface area contributed by atoms with Gasteiger partial charge in [0, 0.05) is 56.0 Å². The second-order valence-electron chi connectivity index (χ2n) is 6.61. The molecule has 2 aromatic rings. The third kappa shape index (κ3) is 3.44. The molecule has 2 aliphatic rings. The van der Waals surface area contributed by atoms with Crippen molar-refractivity contribution in [3.05, 3.63) is 47.7 Å². The van der Waals surface area contributed by atoms with Crippen molar-refractivity contribution in [1.82, 2.24) is 19.9 Å². The van der Waals surface area contributed by atoms with Gasteiger partial charge < -0.3 is 4.90 Å². The number of nitriles is 2. The van der Waals surface area contributed by atoms with Gasteiger partial charge in [-0.25, -0.2) is 9.97 Å². The molecule has 0 aliphatic carbocycles. The molecule has 0 radical (unpaired) electrons. The summed E-state index contributed by atoms with van der Waals surface area (Å²) in [6.07, 6.45) is 8.50. The van der Waals surface area contributed by atoms with Gasteiger partial charge in [-0.1, -0.05) is 11.8 Å². The highest BCUT2D eigenvalue weighted by atomic mass is 15.3. The van der Waals surface area contributed by atoms with Gasteiger partial charge in [0.05, 0.1) is 11.6 Å². The highest BCUT2D eigenvalue weighted by molar-refractivity contribution is 5.50. The van der Waals surface area contributed by atoms with E-state index in [9.17, 15) is 5.26 Å². The fourth-order valence-electron chi connectivity index (χ4n) is 3.78. The van der Waals surface area contributed by atoms with Crippen molar-refractivity contribution in [3.8, 4) is 24.0 Å². The molecule has 0 spiro atoms. The van der Waals surface area contributed by atoms with Crippen LogP contribution in [-0.4, -0.2) is 51.6 Å². The first-order chi connectivity index (χ1) is 13.3. The van der Waals surface area contributed by atoms with E-state index in [4.69, 9.17) is 5.26 Å². The fraction of sp³-hybridized carbons (Fsp3) is 0.350. The molecule has 27 heavy (non-hydrogen) atoms. The van der Waals surface area contributed by atoms with Gasteiger partial charge in [-0.3, -0.25) is 9.88 Å². The van der Waals surface area contributed by atoms with Crippen LogP contribution in [0.15, 0.2) is 30.9 Å². The lowest BCUT2D eigenvalue weighted by molar-refractivity contribution is 0.202. The van der Waals surface area contributed by atoms with Crippen LogP contribution < -0.4 is 4.90 Å². The van der Waals surface area contributed by atoms with Gasteiger partial charge >= 0.3 is 0 Å². The van der Waals surface area contributed by atoms with Crippen LogP contribution in [0.25, 0.3) is 0 Å². The number of nitrogens with zero attached hydrogens (tertiary/aromatic N) is 7. The Morgan fingerprint density at radius 2 is 1.85 bits per heavy atom. The summed E-state index contributed by atoms with van der Waals surface area (Å²) in [5.41, 5.74) is 1.68. The van der Waals surface area contributed by atoms with Crippen molar-refractivity contribution in [1.29, 1.82) is 10.5 Å². The van der Waals surface area contributed by atoms with Gasteiger partial charge in [-0.15, -0.1) is 0 Å². The molecular weight excluding hydrogens is 338 g/mol. The second kappa shape index (κ2) is 7.41. The maximum atomic E-state index is 9.26. The average molecular weight is 355 g/mol. The quantitative estimate of drug-likeness (QED) is 0.712. The second-order valence-corrected chi connectivity index (χ2v) is 6.61. The smallest absolute Gasteiger partial charge is 0.183 e. The normalized spacial score (nSPS) is 21.5. The van der Waals surface area contributed by atoms with E-state index in [2.05, 4.69) is 48.7 Å². The molecule has 4 rings (SSSR count). The van der Waals surface area contributed by atoms with Crippen LogP contribution in [0.3, 0.4) is 0 Å². The van der Waals surface area contributed by atoms with Gasteiger partial charge in [0.1, 0.15) is 12.1 Å². The Kier molecular flexibility index (Phi) is 4.66. The maximum Gasteiger partial charge on any atom is 0.183 e. The summed E-state index contributed by atoms with van der Waals surface area (Å²) in [5.74, 6) is 7.20. The van der Waals surface area contributed by atoms with Crippen LogP contribution in [0.2, 0.25) is 0 Å². The number of aromatic nitrogens is 3. The Labute approximate surface area is 157 Å². The third-order valence-corrected chi connectivity index (χ3v) is 5.04. The molecule has 0 bridgehead atoms. The summed E-state index contributed by atoms with van der Waals surface area (Å²) >= 11 is 0. The molecule has 2 aromatic heterocycles. The van der Waals surface area contributed by atoms with Crippen molar-refractivity contribution in [2.75, 3.05) is 24.5 Å². The SMILES string of the molecule is N#Cc1cncc(C#C[C@H]2CC[C@H]3CN(c4nccnc4C#N)CCN32)c1. The fourth-order valence-corrected chi connectivity index (χ4v) is 3.78. The van der Waals surface area contributed by atoms with E-state index in [0.717, 1.165) is 38.0 Å². The van der Waals surface area contributed by atoms with E-state index >= 15 is 0 Å². The summed E-state index contributed by atoms with van der Waals surface area (Å²) in [6.45, 7) is 2.51. The number of fused-ring (bicyclic) bond motifs is 1. The van der Waals surface area contributed by atoms with Crippen LogP contribution in [0, 0.1) is 34.5 Å². The van der Waals surface area contributed by atoms with Gasteiger partial charge in [0.15, 0.2) is 11.5 Å². The molecule has 7 nitrogen and oxygen atoms in total. The average Bonchev–Trinajstić information content (AvgIpc) is 3.14. The number of pyridine rings is 1. The van der Waals surface area contributed by atoms with Gasteiger partial charge in [0.25, 0.3) is 0 Å². The van der Waals surface area contributed by atoms with Crippen LogP contribution in [0.1, 0.15) is 29.7 Å². The molecule has 0 saturated carbocycles. The van der Waals surface area contributed by atoms with Crippen LogP contribution in [-0.2, 0) is 0 Å². The number of anilines is 1. The van der Waals surface area contributed by atoms with E-state index in [1.165, 1.54) is 6.20 Å². The Morgan fingerprint density at radius 1 is 1.00 bits per heavy atom. The van der Waals surface area contributed by atoms with Crippen molar-refractivity contribution < 1.29 is 0 Å². The summed E-state index contributed by atoms with van der Waals surface area (Å²) in [4.78, 5) is 17.1. The summed E-state index contributed by atoms with van der Waals surface area (Å²) in [5, 5.41) is 18.2. The lowest BCUT2D eigenvalue weighted by atomic mass is 10.1. The molecule has 0 unspecified atom stereocenters. The van der Waals surface area contributed by atoms with Gasteiger partial charge in [0.2, 0.25) is 0 Å². The van der Waals surface area contributed by atoms with E-state index < -0.39 is 0 Å². The molecule has 0 N–H and O–H groups in total. The zero-order chi connectivity index (χ0) is 18.6. The predicted molar refractivity (Wildman–Crippen MR) is 98.3 cm³/mol. The van der Waals surface area contributed by atoms with E-state index in [1.54, 1.807) is 24.7 Å². The monoisotopic (exact) mass is 355 g/mol. The zero-order valence-corrected chi connectivity index (χ0v) is 14.7. The molecule has 4 heterocycles. The van der Waals surface area contributed by atoms with Crippen LogP contribution in [0.5, 0.6) is 0 Å². The molecule has 132 valence electrons. The minimum absolute atomic E-state index is 0.209. The summed E-state index contributed by atoms with van der Waals surface area (Å²) in [7, 11) is 0. The Hall–Kier alpha value is -3.47. The van der Waals surface area contributed by atoms with Gasteiger partial charge in [-0.2, -0.15) is 10.5 Å². The molecule has 2 aliphatic heterocycles. The van der Waals surface area contributed by atoms with Crippen molar-refractivity contribution >= 4 is 5.82 Å². The summed E-state index contributed by atoms with van der Waals surface area (Å²) in [6, 6.07) is 6.59. The minimum atomic E-state index is 0.209. The van der Waals surface area contributed by atoms with E-state index in [1.807, 2.05) is 0 Å². The number of piperazine rings is 1. The molecule has 2 fully saturated rings. The third-order valence-electron chi connectivity index (χ3n) is 5.04. The summed E-state index contributed by atoms with van der Waals surface area (Å²) < 4.78 is 0. The van der Waals surface area contributed by atoms with Gasteiger partial charge in [-0.05, 0) is 18.9 Å². The first-order valence-corrected chi connectivity index (χ1v) is 8.87.